The van der Waals surface area contributed by atoms with Crippen LogP contribution in [0.5, 0.6) is 0 Å². The molecule has 3 aromatic rings. The number of piperazine rings is 1. The number of hydrogen-bond acceptors (Lipinski definition) is 5. The molecule has 7 nitrogen and oxygen atoms in total. The molecule has 0 saturated carbocycles. The Morgan fingerprint density at radius 3 is 2.59 bits per heavy atom. The second-order valence-electron chi connectivity index (χ2n) is 6.83. The summed E-state index contributed by atoms with van der Waals surface area (Å²) in [6.07, 6.45) is 3.46. The fourth-order valence-corrected chi connectivity index (χ4v) is 3.28. The molecule has 0 radical (unpaired) electrons. The summed E-state index contributed by atoms with van der Waals surface area (Å²) in [6.45, 7) is 3.26. The molecule has 0 N–H and O–H groups in total. The standard InChI is InChI=1S/C21H21FN6O/c22-18-7-4-8-19(15-18)28-20(23-24-25-28)16-26-11-13-27(14-12-26)21(29)10-9-17-5-2-1-3-6-17/h1-10,15H,11-14,16H2/b10-9+. The number of rotatable bonds is 5. The highest BCUT2D eigenvalue weighted by atomic mass is 19.1. The summed E-state index contributed by atoms with van der Waals surface area (Å²) in [4.78, 5) is 16.4. The van der Waals surface area contributed by atoms with Crippen LogP contribution in [0.15, 0.2) is 60.7 Å². The lowest BCUT2D eigenvalue weighted by Crippen LogP contribution is -2.48. The van der Waals surface area contributed by atoms with E-state index in [1.54, 1.807) is 22.9 Å². The van der Waals surface area contributed by atoms with Crippen LogP contribution in [-0.4, -0.2) is 62.1 Å². The Bertz CT molecular complexity index is 995. The van der Waals surface area contributed by atoms with Gasteiger partial charge in [-0.2, -0.15) is 4.68 Å². The van der Waals surface area contributed by atoms with Gasteiger partial charge in [0.15, 0.2) is 5.82 Å². The largest absolute Gasteiger partial charge is 0.337 e. The van der Waals surface area contributed by atoms with Gasteiger partial charge < -0.3 is 4.90 Å². The summed E-state index contributed by atoms with van der Waals surface area (Å²) in [6, 6.07) is 15.9. The number of halogens is 1. The molecule has 1 aliphatic heterocycles. The average molecular weight is 392 g/mol. The van der Waals surface area contributed by atoms with Crippen molar-refractivity contribution in [1.29, 1.82) is 0 Å². The van der Waals surface area contributed by atoms with Crippen LogP contribution >= 0.6 is 0 Å². The highest BCUT2D eigenvalue weighted by Gasteiger charge is 2.21. The summed E-state index contributed by atoms with van der Waals surface area (Å²) in [5.41, 5.74) is 1.59. The number of aromatic nitrogens is 4. The van der Waals surface area contributed by atoms with Gasteiger partial charge >= 0.3 is 0 Å². The van der Waals surface area contributed by atoms with Gasteiger partial charge in [-0.15, -0.1) is 5.10 Å². The van der Waals surface area contributed by atoms with E-state index in [-0.39, 0.29) is 11.7 Å². The van der Waals surface area contributed by atoms with Crippen LogP contribution in [0.3, 0.4) is 0 Å². The lowest BCUT2D eigenvalue weighted by atomic mass is 10.2. The van der Waals surface area contributed by atoms with E-state index >= 15 is 0 Å². The normalized spacial score (nSPS) is 15.1. The van der Waals surface area contributed by atoms with E-state index < -0.39 is 0 Å². The second-order valence-corrected chi connectivity index (χ2v) is 6.83. The van der Waals surface area contributed by atoms with Crippen molar-refractivity contribution in [3.8, 4) is 5.69 Å². The van der Waals surface area contributed by atoms with Crippen molar-refractivity contribution in [2.75, 3.05) is 26.2 Å². The van der Waals surface area contributed by atoms with Gasteiger partial charge in [-0.3, -0.25) is 9.69 Å². The Morgan fingerprint density at radius 1 is 1.03 bits per heavy atom. The summed E-state index contributed by atoms with van der Waals surface area (Å²) in [5.74, 6) is 0.317. The maximum absolute atomic E-state index is 13.5. The van der Waals surface area contributed by atoms with Crippen molar-refractivity contribution >= 4 is 12.0 Å². The van der Waals surface area contributed by atoms with E-state index in [1.807, 2.05) is 41.3 Å². The van der Waals surface area contributed by atoms with Crippen LogP contribution in [-0.2, 0) is 11.3 Å². The van der Waals surface area contributed by atoms with E-state index in [9.17, 15) is 9.18 Å². The molecule has 29 heavy (non-hydrogen) atoms. The minimum Gasteiger partial charge on any atom is -0.337 e. The average Bonchev–Trinajstić information content (AvgIpc) is 3.21. The zero-order chi connectivity index (χ0) is 20.1. The third kappa shape index (κ3) is 4.72. The number of benzene rings is 2. The summed E-state index contributed by atoms with van der Waals surface area (Å²) < 4.78 is 15.0. The first kappa shape index (κ1) is 18.9. The Hall–Kier alpha value is -3.39. The molecule has 1 aromatic heterocycles. The molecule has 1 saturated heterocycles. The van der Waals surface area contributed by atoms with Crippen LogP contribution < -0.4 is 0 Å². The third-order valence-electron chi connectivity index (χ3n) is 4.85. The fraction of sp³-hybridized carbons (Fsp3) is 0.238. The molecule has 2 aromatic carbocycles. The van der Waals surface area contributed by atoms with Crippen molar-refractivity contribution in [3.63, 3.8) is 0 Å². The molecule has 2 heterocycles. The predicted octanol–water partition coefficient (Wildman–Crippen LogP) is 2.16. The minimum absolute atomic E-state index is 0.0121. The first-order chi connectivity index (χ1) is 14.2. The van der Waals surface area contributed by atoms with E-state index in [2.05, 4.69) is 20.4 Å². The topological polar surface area (TPSA) is 67.2 Å². The molecule has 4 rings (SSSR count). The smallest absolute Gasteiger partial charge is 0.246 e. The maximum Gasteiger partial charge on any atom is 0.246 e. The molecule has 0 bridgehead atoms. The Kier molecular flexibility index (Phi) is 5.71. The number of amides is 1. The Morgan fingerprint density at radius 2 is 1.83 bits per heavy atom. The van der Waals surface area contributed by atoms with Crippen LogP contribution in [0.4, 0.5) is 4.39 Å². The monoisotopic (exact) mass is 392 g/mol. The van der Waals surface area contributed by atoms with Gasteiger partial charge in [0.1, 0.15) is 5.82 Å². The van der Waals surface area contributed by atoms with E-state index in [0.29, 0.717) is 31.1 Å². The molecule has 0 atom stereocenters. The lowest BCUT2D eigenvalue weighted by molar-refractivity contribution is -0.127. The van der Waals surface area contributed by atoms with Crippen molar-refractivity contribution < 1.29 is 9.18 Å². The molecule has 0 unspecified atom stereocenters. The molecule has 8 heteroatoms. The minimum atomic E-state index is -0.334. The molecule has 1 aliphatic rings. The van der Waals surface area contributed by atoms with Crippen molar-refractivity contribution in [3.05, 3.63) is 77.9 Å². The molecule has 0 spiro atoms. The molecule has 0 aliphatic carbocycles. The predicted molar refractivity (Wildman–Crippen MR) is 106 cm³/mol. The summed E-state index contributed by atoms with van der Waals surface area (Å²) >= 11 is 0. The number of nitrogens with zero attached hydrogens (tertiary/aromatic N) is 6. The number of carbonyl (C=O) groups is 1. The van der Waals surface area contributed by atoms with E-state index in [4.69, 9.17) is 0 Å². The van der Waals surface area contributed by atoms with Crippen LogP contribution in [0.1, 0.15) is 11.4 Å². The first-order valence-corrected chi connectivity index (χ1v) is 9.46. The number of carbonyl (C=O) groups excluding carboxylic acids is 1. The summed E-state index contributed by atoms with van der Waals surface area (Å²) in [7, 11) is 0. The molecule has 148 valence electrons. The van der Waals surface area contributed by atoms with Crippen molar-refractivity contribution in [2.45, 2.75) is 6.54 Å². The van der Waals surface area contributed by atoms with Gasteiger partial charge in [-0.1, -0.05) is 36.4 Å². The molecular weight excluding hydrogens is 371 g/mol. The molecule has 1 amide bonds. The first-order valence-electron chi connectivity index (χ1n) is 9.46. The van der Waals surface area contributed by atoms with Gasteiger partial charge in [0.25, 0.3) is 0 Å². The summed E-state index contributed by atoms with van der Waals surface area (Å²) in [5, 5.41) is 11.8. The van der Waals surface area contributed by atoms with E-state index in [0.717, 1.165) is 18.7 Å². The van der Waals surface area contributed by atoms with E-state index in [1.165, 1.54) is 12.1 Å². The fourth-order valence-electron chi connectivity index (χ4n) is 3.28. The van der Waals surface area contributed by atoms with Crippen molar-refractivity contribution in [1.82, 2.24) is 30.0 Å². The zero-order valence-corrected chi connectivity index (χ0v) is 15.9. The number of tetrazole rings is 1. The maximum atomic E-state index is 13.5. The Balaban J connectivity index is 1.33. The van der Waals surface area contributed by atoms with Crippen molar-refractivity contribution in [2.24, 2.45) is 0 Å². The van der Waals surface area contributed by atoms with Crippen LogP contribution in [0.2, 0.25) is 0 Å². The third-order valence-corrected chi connectivity index (χ3v) is 4.85. The molecular formula is C21H21FN6O. The quantitative estimate of drug-likeness (QED) is 0.623. The highest BCUT2D eigenvalue weighted by Crippen LogP contribution is 2.13. The van der Waals surface area contributed by atoms with Gasteiger partial charge in [0, 0.05) is 32.3 Å². The SMILES string of the molecule is O=C(/C=C/c1ccccc1)N1CCN(Cc2nnnn2-c2cccc(F)c2)CC1. The second kappa shape index (κ2) is 8.74. The van der Waals surface area contributed by atoms with Gasteiger partial charge in [-0.05, 0) is 40.3 Å². The van der Waals surface area contributed by atoms with Gasteiger partial charge in [-0.25, -0.2) is 4.39 Å². The lowest BCUT2D eigenvalue weighted by Gasteiger charge is -2.33. The highest BCUT2D eigenvalue weighted by molar-refractivity contribution is 5.91. The number of hydrogen-bond donors (Lipinski definition) is 0. The van der Waals surface area contributed by atoms with Crippen LogP contribution in [0, 0.1) is 5.82 Å². The van der Waals surface area contributed by atoms with Crippen LogP contribution in [0.25, 0.3) is 11.8 Å². The van der Waals surface area contributed by atoms with Gasteiger partial charge in [0.05, 0.1) is 12.2 Å². The zero-order valence-electron chi connectivity index (χ0n) is 15.9. The molecule has 1 fully saturated rings. The van der Waals surface area contributed by atoms with Gasteiger partial charge in [0.2, 0.25) is 5.91 Å². The Labute approximate surface area is 168 Å².